The van der Waals surface area contributed by atoms with E-state index in [1.807, 2.05) is 42.5 Å². The van der Waals surface area contributed by atoms with Crippen molar-refractivity contribution < 1.29 is 9.72 Å². The SMILES string of the molecule is O=C(NN=Cc1cccc2ccccc12)c1ccccc1[N+](=O)[O-]. The average molecular weight is 319 g/mol. The molecule has 6 heteroatoms. The maximum absolute atomic E-state index is 12.1. The number of hydrazone groups is 1. The number of carbonyl (C=O) groups is 1. The summed E-state index contributed by atoms with van der Waals surface area (Å²) < 4.78 is 0. The van der Waals surface area contributed by atoms with Gasteiger partial charge in [-0.3, -0.25) is 14.9 Å². The van der Waals surface area contributed by atoms with Crippen molar-refractivity contribution in [2.75, 3.05) is 0 Å². The number of nitrogens with one attached hydrogen (secondary N) is 1. The molecule has 0 bridgehead atoms. The minimum Gasteiger partial charge on any atom is -0.267 e. The van der Waals surface area contributed by atoms with Gasteiger partial charge in [0.05, 0.1) is 11.1 Å². The van der Waals surface area contributed by atoms with Gasteiger partial charge in [-0.2, -0.15) is 5.10 Å². The van der Waals surface area contributed by atoms with Gasteiger partial charge in [0.2, 0.25) is 0 Å². The van der Waals surface area contributed by atoms with Gasteiger partial charge in [0.1, 0.15) is 5.56 Å². The molecule has 0 saturated carbocycles. The number of nitro benzene ring substituents is 1. The van der Waals surface area contributed by atoms with Crippen molar-refractivity contribution >= 4 is 28.6 Å². The van der Waals surface area contributed by atoms with Crippen LogP contribution in [0.2, 0.25) is 0 Å². The van der Waals surface area contributed by atoms with E-state index in [2.05, 4.69) is 10.5 Å². The van der Waals surface area contributed by atoms with E-state index in [9.17, 15) is 14.9 Å². The number of fused-ring (bicyclic) bond motifs is 1. The molecular formula is C18H13N3O3. The minimum absolute atomic E-state index is 0.0300. The highest BCUT2D eigenvalue weighted by Gasteiger charge is 2.18. The summed E-state index contributed by atoms with van der Waals surface area (Å²) in [5.41, 5.74) is 2.89. The fourth-order valence-electron chi connectivity index (χ4n) is 2.41. The highest BCUT2D eigenvalue weighted by atomic mass is 16.6. The molecule has 1 N–H and O–H groups in total. The first-order valence-electron chi connectivity index (χ1n) is 7.21. The van der Waals surface area contributed by atoms with E-state index in [1.54, 1.807) is 6.07 Å². The van der Waals surface area contributed by atoms with Gasteiger partial charge >= 0.3 is 0 Å². The van der Waals surface area contributed by atoms with E-state index in [0.717, 1.165) is 16.3 Å². The molecule has 3 rings (SSSR count). The van der Waals surface area contributed by atoms with E-state index in [0.29, 0.717) is 0 Å². The van der Waals surface area contributed by atoms with Crippen LogP contribution in [0.15, 0.2) is 71.8 Å². The lowest BCUT2D eigenvalue weighted by Crippen LogP contribution is -2.18. The summed E-state index contributed by atoms with van der Waals surface area (Å²) in [6.07, 6.45) is 1.52. The van der Waals surface area contributed by atoms with Crippen molar-refractivity contribution in [3.05, 3.63) is 88.0 Å². The fourth-order valence-corrected chi connectivity index (χ4v) is 2.41. The second-order valence-electron chi connectivity index (χ2n) is 5.04. The molecule has 0 spiro atoms. The smallest absolute Gasteiger partial charge is 0.267 e. The Morgan fingerprint density at radius 2 is 1.71 bits per heavy atom. The lowest BCUT2D eigenvalue weighted by Gasteiger charge is -2.02. The predicted octanol–water partition coefficient (Wildman–Crippen LogP) is 3.51. The van der Waals surface area contributed by atoms with E-state index in [1.165, 1.54) is 24.4 Å². The first-order chi connectivity index (χ1) is 11.7. The Morgan fingerprint density at radius 1 is 1.00 bits per heavy atom. The molecule has 0 saturated heterocycles. The lowest BCUT2D eigenvalue weighted by atomic mass is 10.1. The number of carbonyl (C=O) groups excluding carboxylic acids is 1. The Bertz CT molecular complexity index is 946. The van der Waals surface area contributed by atoms with Crippen LogP contribution in [0, 0.1) is 10.1 Å². The molecule has 0 radical (unpaired) electrons. The molecule has 0 atom stereocenters. The van der Waals surface area contributed by atoms with Gasteiger partial charge in [-0.1, -0.05) is 54.6 Å². The number of hydrogen-bond donors (Lipinski definition) is 1. The molecule has 3 aromatic carbocycles. The second kappa shape index (κ2) is 6.70. The van der Waals surface area contributed by atoms with E-state index >= 15 is 0 Å². The number of hydrogen-bond acceptors (Lipinski definition) is 4. The third kappa shape index (κ3) is 3.12. The summed E-state index contributed by atoms with van der Waals surface area (Å²) >= 11 is 0. The number of nitrogens with zero attached hydrogens (tertiary/aromatic N) is 2. The highest BCUT2D eigenvalue weighted by molar-refractivity contribution is 6.01. The maximum atomic E-state index is 12.1. The summed E-state index contributed by atoms with van der Waals surface area (Å²) in [4.78, 5) is 22.5. The predicted molar refractivity (Wildman–Crippen MR) is 92.1 cm³/mol. The van der Waals surface area contributed by atoms with Crippen LogP contribution in [-0.4, -0.2) is 17.0 Å². The molecular weight excluding hydrogens is 306 g/mol. The van der Waals surface area contributed by atoms with Crippen LogP contribution in [0.25, 0.3) is 10.8 Å². The molecule has 0 aromatic heterocycles. The maximum Gasteiger partial charge on any atom is 0.282 e. The van der Waals surface area contributed by atoms with E-state index in [4.69, 9.17) is 0 Å². The van der Waals surface area contributed by atoms with Gasteiger partial charge in [-0.25, -0.2) is 5.43 Å². The molecule has 118 valence electrons. The van der Waals surface area contributed by atoms with Gasteiger partial charge < -0.3 is 0 Å². The van der Waals surface area contributed by atoms with Crippen LogP contribution in [0.3, 0.4) is 0 Å². The standard InChI is InChI=1S/C18H13N3O3/c22-18(16-10-3-4-11-17(16)21(23)24)20-19-12-14-8-5-7-13-6-1-2-9-15(13)14/h1-12H,(H,20,22). The summed E-state index contributed by atoms with van der Waals surface area (Å²) in [6.45, 7) is 0. The van der Waals surface area contributed by atoms with Crippen molar-refractivity contribution in [2.24, 2.45) is 5.10 Å². The van der Waals surface area contributed by atoms with Crippen LogP contribution >= 0.6 is 0 Å². The zero-order chi connectivity index (χ0) is 16.9. The van der Waals surface area contributed by atoms with Gasteiger partial charge in [0.25, 0.3) is 11.6 Å². The number of benzene rings is 3. The largest absolute Gasteiger partial charge is 0.282 e. The van der Waals surface area contributed by atoms with E-state index < -0.39 is 10.8 Å². The molecule has 24 heavy (non-hydrogen) atoms. The first kappa shape index (κ1) is 15.4. The normalized spacial score (nSPS) is 10.8. The van der Waals surface area contributed by atoms with Crippen molar-refractivity contribution in [1.29, 1.82) is 0 Å². The van der Waals surface area contributed by atoms with Gasteiger partial charge in [0, 0.05) is 11.6 Å². The van der Waals surface area contributed by atoms with Crippen molar-refractivity contribution in [2.45, 2.75) is 0 Å². The Labute approximate surface area is 137 Å². The van der Waals surface area contributed by atoms with E-state index in [-0.39, 0.29) is 11.3 Å². The average Bonchev–Trinajstić information content (AvgIpc) is 2.61. The Hall–Kier alpha value is -3.54. The molecule has 0 fully saturated rings. The quantitative estimate of drug-likeness (QED) is 0.453. The van der Waals surface area contributed by atoms with Crippen molar-refractivity contribution in [1.82, 2.24) is 5.43 Å². The lowest BCUT2D eigenvalue weighted by molar-refractivity contribution is -0.385. The molecule has 0 aliphatic carbocycles. The molecule has 0 heterocycles. The third-order valence-electron chi connectivity index (χ3n) is 3.54. The number of para-hydroxylation sites is 1. The van der Waals surface area contributed by atoms with Crippen LogP contribution in [0.5, 0.6) is 0 Å². The zero-order valence-corrected chi connectivity index (χ0v) is 12.5. The summed E-state index contributed by atoms with van der Waals surface area (Å²) in [5, 5.41) is 16.9. The zero-order valence-electron chi connectivity index (χ0n) is 12.5. The molecule has 6 nitrogen and oxygen atoms in total. The summed E-state index contributed by atoms with van der Waals surface area (Å²) in [7, 11) is 0. The number of amides is 1. The number of rotatable bonds is 4. The molecule has 0 aliphatic heterocycles. The fraction of sp³-hybridized carbons (Fsp3) is 0. The van der Waals surface area contributed by atoms with Crippen LogP contribution in [0.4, 0.5) is 5.69 Å². The van der Waals surface area contributed by atoms with Crippen molar-refractivity contribution in [3.8, 4) is 0 Å². The third-order valence-corrected chi connectivity index (χ3v) is 3.54. The van der Waals surface area contributed by atoms with Gasteiger partial charge in [0.15, 0.2) is 0 Å². The molecule has 3 aromatic rings. The molecule has 0 unspecified atom stereocenters. The van der Waals surface area contributed by atoms with Crippen LogP contribution in [-0.2, 0) is 0 Å². The second-order valence-corrected chi connectivity index (χ2v) is 5.04. The Balaban J connectivity index is 1.81. The van der Waals surface area contributed by atoms with Gasteiger partial charge in [-0.05, 0) is 16.8 Å². The molecule has 1 amide bonds. The molecule has 0 aliphatic rings. The first-order valence-corrected chi connectivity index (χ1v) is 7.21. The minimum atomic E-state index is -0.626. The van der Waals surface area contributed by atoms with Crippen LogP contribution in [0.1, 0.15) is 15.9 Å². The highest BCUT2D eigenvalue weighted by Crippen LogP contribution is 2.18. The van der Waals surface area contributed by atoms with Gasteiger partial charge in [-0.15, -0.1) is 0 Å². The summed E-state index contributed by atoms with van der Waals surface area (Å²) in [6, 6.07) is 19.3. The number of nitro groups is 1. The summed E-state index contributed by atoms with van der Waals surface area (Å²) in [5.74, 6) is -0.626. The monoisotopic (exact) mass is 319 g/mol. The Kier molecular flexibility index (Phi) is 4.29. The Morgan fingerprint density at radius 3 is 2.54 bits per heavy atom. The topological polar surface area (TPSA) is 84.6 Å². The van der Waals surface area contributed by atoms with Crippen molar-refractivity contribution in [3.63, 3.8) is 0 Å². The van der Waals surface area contributed by atoms with Crippen LogP contribution < -0.4 is 5.43 Å².